The van der Waals surface area contributed by atoms with Crippen molar-refractivity contribution < 1.29 is 64.6 Å². The first-order valence-electron chi connectivity index (χ1n) is 12.5. The van der Waals surface area contributed by atoms with Crippen LogP contribution in [-0.2, 0) is 23.7 Å². The van der Waals surface area contributed by atoms with Gasteiger partial charge in [-0.2, -0.15) is 0 Å². The third-order valence-corrected chi connectivity index (χ3v) is 7.96. The molecule has 8 unspecified atom stereocenters. The maximum absolute atomic E-state index is 11.2. The zero-order valence-electron chi connectivity index (χ0n) is 20.0. The van der Waals surface area contributed by atoms with Gasteiger partial charge in [0, 0.05) is 12.8 Å². The van der Waals surface area contributed by atoms with Gasteiger partial charge in [-0.05, 0) is 38.0 Å². The summed E-state index contributed by atoms with van der Waals surface area (Å²) in [4.78, 5) is 11.2. The molecular formula is C23H38O13. The number of esters is 1. The van der Waals surface area contributed by atoms with Crippen LogP contribution in [-0.4, -0.2) is 133 Å². The Morgan fingerprint density at radius 1 is 0.778 bits per heavy atom. The molecule has 4 rings (SSSR count). The molecule has 0 amide bonds. The van der Waals surface area contributed by atoms with Gasteiger partial charge in [0.15, 0.2) is 6.29 Å². The molecule has 4 aliphatic rings. The predicted molar refractivity (Wildman–Crippen MR) is 117 cm³/mol. The molecule has 0 spiro atoms. The maximum atomic E-state index is 11.2. The van der Waals surface area contributed by atoms with Crippen molar-refractivity contribution in [3.05, 3.63) is 0 Å². The molecular weight excluding hydrogens is 484 g/mol. The largest absolute Gasteiger partial charge is 0.463 e. The van der Waals surface area contributed by atoms with Crippen molar-refractivity contribution in [1.29, 1.82) is 0 Å². The minimum Gasteiger partial charge on any atom is -0.463 e. The van der Waals surface area contributed by atoms with Crippen molar-refractivity contribution in [2.45, 2.75) is 119 Å². The Hall–Kier alpha value is -0.970. The topological polar surface area (TPSA) is 216 Å². The Labute approximate surface area is 208 Å². The van der Waals surface area contributed by atoms with Gasteiger partial charge >= 0.3 is 5.97 Å². The molecule has 2 aliphatic carbocycles. The van der Waals surface area contributed by atoms with Crippen LogP contribution in [0, 0.1) is 11.8 Å². The number of carbonyl (C=O) groups is 1. The number of fused-ring (bicyclic) bond motifs is 1. The second-order valence-electron chi connectivity index (χ2n) is 10.6. The highest BCUT2D eigenvalue weighted by molar-refractivity contribution is 5.65. The molecule has 2 saturated carbocycles. The van der Waals surface area contributed by atoms with Crippen molar-refractivity contribution in [2.24, 2.45) is 11.8 Å². The van der Waals surface area contributed by atoms with E-state index in [0.717, 1.165) is 0 Å². The number of aliphatic hydroxyl groups excluding tert-OH is 8. The van der Waals surface area contributed by atoms with E-state index in [0.29, 0.717) is 0 Å². The second-order valence-corrected chi connectivity index (χ2v) is 10.6. The molecule has 8 N–H and O–H groups in total. The van der Waals surface area contributed by atoms with Gasteiger partial charge < -0.3 is 59.8 Å². The van der Waals surface area contributed by atoms with Crippen LogP contribution in [0.15, 0.2) is 0 Å². The van der Waals surface area contributed by atoms with E-state index in [1.165, 1.54) is 6.92 Å². The molecule has 208 valence electrons. The lowest BCUT2D eigenvalue weighted by Crippen LogP contribution is -2.62. The lowest BCUT2D eigenvalue weighted by atomic mass is 9.72. The van der Waals surface area contributed by atoms with E-state index < -0.39 is 97.3 Å². The fourth-order valence-electron chi connectivity index (χ4n) is 6.00. The Bertz CT molecular complexity index is 742. The number of carbonyl (C=O) groups excluding carboxylic acids is 1. The van der Waals surface area contributed by atoms with Crippen LogP contribution < -0.4 is 0 Å². The van der Waals surface area contributed by atoms with E-state index in [-0.39, 0.29) is 38.7 Å². The standard InChI is InChI=1S/C23H38O13/c1-8(24)33-7-17-19(30)20(31)21(32)23(36-17)35-16-6-11-12(26)4-10(25)5-15(11)34-22(16)9-2-13(27)18(29)14(28)3-9/h9-23,25-32H,2-7H2,1H3/t9?,10?,11?,12?,13?,14?,15?,16?,17-,18?,19+,20+,21-,22?,23-/m1/s1. The van der Waals surface area contributed by atoms with Gasteiger partial charge in [-0.1, -0.05) is 0 Å². The van der Waals surface area contributed by atoms with Crippen molar-refractivity contribution in [2.75, 3.05) is 6.61 Å². The summed E-state index contributed by atoms with van der Waals surface area (Å²) in [7, 11) is 0. The van der Waals surface area contributed by atoms with E-state index in [1.807, 2.05) is 0 Å². The maximum Gasteiger partial charge on any atom is 0.302 e. The van der Waals surface area contributed by atoms with Gasteiger partial charge in [0.2, 0.25) is 0 Å². The highest BCUT2D eigenvalue weighted by atomic mass is 16.7. The van der Waals surface area contributed by atoms with Gasteiger partial charge in [0.05, 0.1) is 42.7 Å². The quantitative estimate of drug-likeness (QED) is 0.165. The molecule has 0 radical (unpaired) electrons. The molecule has 13 nitrogen and oxygen atoms in total. The molecule has 0 aromatic rings. The molecule has 0 aromatic carbocycles. The molecule has 13 atom stereocenters. The zero-order chi connectivity index (χ0) is 26.3. The molecule has 0 bridgehead atoms. The van der Waals surface area contributed by atoms with Crippen molar-refractivity contribution in [3.63, 3.8) is 0 Å². The lowest BCUT2D eigenvalue weighted by Gasteiger charge is -2.51. The highest BCUT2D eigenvalue weighted by Crippen LogP contribution is 2.43. The molecule has 4 fully saturated rings. The first kappa shape index (κ1) is 28.0. The highest BCUT2D eigenvalue weighted by Gasteiger charge is 2.52. The molecule has 2 aliphatic heterocycles. The number of ether oxygens (including phenoxy) is 4. The number of hydrogen-bond donors (Lipinski definition) is 8. The van der Waals surface area contributed by atoms with E-state index in [2.05, 4.69) is 0 Å². The van der Waals surface area contributed by atoms with Crippen LogP contribution in [0.2, 0.25) is 0 Å². The predicted octanol–water partition coefficient (Wildman–Crippen LogP) is -3.48. The van der Waals surface area contributed by atoms with Crippen LogP contribution in [0.25, 0.3) is 0 Å². The fraction of sp³-hybridized carbons (Fsp3) is 0.957. The van der Waals surface area contributed by atoms with Crippen molar-refractivity contribution in [1.82, 2.24) is 0 Å². The van der Waals surface area contributed by atoms with Gasteiger partial charge in [-0.3, -0.25) is 4.79 Å². The third-order valence-electron chi connectivity index (χ3n) is 7.96. The van der Waals surface area contributed by atoms with E-state index in [1.54, 1.807) is 0 Å². The lowest BCUT2D eigenvalue weighted by molar-refractivity contribution is -0.334. The van der Waals surface area contributed by atoms with E-state index >= 15 is 0 Å². The summed E-state index contributed by atoms with van der Waals surface area (Å²) in [6.45, 7) is 0.788. The zero-order valence-corrected chi connectivity index (χ0v) is 20.0. The molecule has 0 aromatic heterocycles. The van der Waals surface area contributed by atoms with Crippen LogP contribution in [0.3, 0.4) is 0 Å². The smallest absolute Gasteiger partial charge is 0.302 e. The first-order chi connectivity index (χ1) is 17.0. The molecule has 36 heavy (non-hydrogen) atoms. The van der Waals surface area contributed by atoms with Gasteiger partial charge in [0.1, 0.15) is 37.1 Å². The minimum absolute atomic E-state index is 0.0930. The first-order valence-corrected chi connectivity index (χ1v) is 12.5. The summed E-state index contributed by atoms with van der Waals surface area (Å²) in [5.41, 5.74) is 0. The van der Waals surface area contributed by atoms with Gasteiger partial charge in [-0.25, -0.2) is 0 Å². The number of hydrogen-bond acceptors (Lipinski definition) is 13. The molecule has 2 saturated heterocycles. The Morgan fingerprint density at radius 3 is 2.08 bits per heavy atom. The van der Waals surface area contributed by atoms with Crippen LogP contribution in [0.5, 0.6) is 0 Å². The normalized spacial score (nSPS) is 51.9. The van der Waals surface area contributed by atoms with Gasteiger partial charge in [0.25, 0.3) is 0 Å². The second kappa shape index (κ2) is 11.4. The average Bonchev–Trinajstić information content (AvgIpc) is 2.81. The van der Waals surface area contributed by atoms with Crippen molar-refractivity contribution >= 4 is 5.97 Å². The third kappa shape index (κ3) is 5.86. The summed E-state index contributed by atoms with van der Waals surface area (Å²) >= 11 is 0. The summed E-state index contributed by atoms with van der Waals surface area (Å²) in [6.07, 6.45) is -14.1. The average molecular weight is 523 g/mol. The Kier molecular flexibility index (Phi) is 8.89. The SMILES string of the molecule is CC(=O)OC[C@H]1O[C@@H](OC2CC3C(O)CC(O)CC3OC2C2CC(O)C(O)C(O)C2)[C@H](O)[C@@H](O)[C@H]1O. The summed E-state index contributed by atoms with van der Waals surface area (Å²) in [5, 5.41) is 82.4. The van der Waals surface area contributed by atoms with Crippen LogP contribution in [0.1, 0.15) is 39.0 Å². The number of rotatable bonds is 5. The number of aliphatic hydroxyl groups is 8. The minimum atomic E-state index is -1.66. The Balaban J connectivity index is 1.54. The molecule has 13 heteroatoms. The summed E-state index contributed by atoms with van der Waals surface area (Å²) < 4.78 is 22.9. The van der Waals surface area contributed by atoms with E-state index in [4.69, 9.17) is 18.9 Å². The van der Waals surface area contributed by atoms with Gasteiger partial charge in [-0.15, -0.1) is 0 Å². The van der Waals surface area contributed by atoms with Crippen LogP contribution >= 0.6 is 0 Å². The molecule has 2 heterocycles. The summed E-state index contributed by atoms with van der Waals surface area (Å²) in [6, 6.07) is 0. The Morgan fingerprint density at radius 2 is 1.44 bits per heavy atom. The monoisotopic (exact) mass is 522 g/mol. The van der Waals surface area contributed by atoms with Crippen molar-refractivity contribution in [3.8, 4) is 0 Å². The van der Waals surface area contributed by atoms with Crippen LogP contribution in [0.4, 0.5) is 0 Å². The summed E-state index contributed by atoms with van der Waals surface area (Å²) in [5.74, 6) is -1.51. The fourth-order valence-corrected chi connectivity index (χ4v) is 6.00. The van der Waals surface area contributed by atoms with E-state index in [9.17, 15) is 45.6 Å².